The van der Waals surface area contributed by atoms with Gasteiger partial charge in [-0.25, -0.2) is 4.39 Å². The van der Waals surface area contributed by atoms with Crippen molar-refractivity contribution in [1.29, 1.82) is 0 Å². The first-order valence-corrected chi connectivity index (χ1v) is 6.77. The SMILES string of the molecule is CC1CC(C)(C)CC1(O)Cc1c(F)cccc1Cl. The van der Waals surface area contributed by atoms with Crippen molar-refractivity contribution in [2.75, 3.05) is 0 Å². The topological polar surface area (TPSA) is 20.2 Å². The molecule has 2 unspecified atom stereocenters. The Bertz CT molecular complexity index is 438. The highest BCUT2D eigenvalue weighted by Gasteiger charge is 2.47. The van der Waals surface area contributed by atoms with Crippen molar-refractivity contribution in [2.45, 2.75) is 45.6 Å². The molecular weight excluding hydrogens is 251 g/mol. The molecule has 2 atom stereocenters. The maximum absolute atomic E-state index is 13.8. The van der Waals surface area contributed by atoms with Crippen LogP contribution in [0.2, 0.25) is 5.02 Å². The van der Waals surface area contributed by atoms with Crippen LogP contribution >= 0.6 is 11.6 Å². The van der Waals surface area contributed by atoms with Crippen molar-refractivity contribution in [3.8, 4) is 0 Å². The summed E-state index contributed by atoms with van der Waals surface area (Å²) in [6.07, 6.45) is 1.94. The van der Waals surface area contributed by atoms with Crippen LogP contribution < -0.4 is 0 Å². The van der Waals surface area contributed by atoms with Crippen molar-refractivity contribution in [3.63, 3.8) is 0 Å². The number of aliphatic hydroxyl groups is 1. The van der Waals surface area contributed by atoms with E-state index in [-0.39, 0.29) is 17.2 Å². The zero-order chi connectivity index (χ0) is 13.6. The summed E-state index contributed by atoms with van der Waals surface area (Å²) in [5.74, 6) is -0.170. The number of rotatable bonds is 2. The highest BCUT2D eigenvalue weighted by molar-refractivity contribution is 6.31. The van der Waals surface area contributed by atoms with E-state index in [2.05, 4.69) is 13.8 Å². The molecule has 0 radical (unpaired) electrons. The Morgan fingerprint density at radius 3 is 2.61 bits per heavy atom. The minimum atomic E-state index is -0.852. The molecule has 0 amide bonds. The molecule has 1 nitrogen and oxygen atoms in total. The van der Waals surface area contributed by atoms with Gasteiger partial charge in [0.1, 0.15) is 5.82 Å². The second kappa shape index (κ2) is 4.50. The molecule has 1 aliphatic carbocycles. The fourth-order valence-corrected chi connectivity index (χ4v) is 3.57. The largest absolute Gasteiger partial charge is 0.389 e. The number of halogens is 2. The molecule has 0 aromatic heterocycles. The van der Waals surface area contributed by atoms with Crippen LogP contribution in [0, 0.1) is 17.2 Å². The lowest BCUT2D eigenvalue weighted by Crippen LogP contribution is -2.35. The number of benzene rings is 1. The first-order valence-electron chi connectivity index (χ1n) is 6.39. The van der Waals surface area contributed by atoms with E-state index in [1.54, 1.807) is 12.1 Å². The van der Waals surface area contributed by atoms with Crippen molar-refractivity contribution in [2.24, 2.45) is 11.3 Å². The standard InChI is InChI=1S/C15H20ClFO/c1-10-7-14(2,3)9-15(10,18)8-11-12(16)5-4-6-13(11)17/h4-6,10,18H,7-9H2,1-3H3. The van der Waals surface area contributed by atoms with Gasteiger partial charge < -0.3 is 5.11 Å². The zero-order valence-corrected chi connectivity index (χ0v) is 11.9. The summed E-state index contributed by atoms with van der Waals surface area (Å²) < 4.78 is 13.8. The summed E-state index contributed by atoms with van der Waals surface area (Å²) >= 11 is 6.04. The third-order valence-corrected chi connectivity index (χ3v) is 4.46. The van der Waals surface area contributed by atoms with Crippen molar-refractivity contribution in [1.82, 2.24) is 0 Å². The predicted molar refractivity (Wildman–Crippen MR) is 72.2 cm³/mol. The Kier molecular flexibility index (Phi) is 3.46. The summed E-state index contributed by atoms with van der Waals surface area (Å²) in [5.41, 5.74) is -0.312. The molecule has 18 heavy (non-hydrogen) atoms. The summed E-state index contributed by atoms with van der Waals surface area (Å²) in [6, 6.07) is 4.66. The number of hydrogen-bond acceptors (Lipinski definition) is 1. The van der Waals surface area contributed by atoms with Crippen LogP contribution in [0.5, 0.6) is 0 Å². The molecule has 1 aromatic rings. The van der Waals surface area contributed by atoms with Crippen molar-refractivity contribution in [3.05, 3.63) is 34.6 Å². The molecule has 1 fully saturated rings. The molecule has 0 bridgehead atoms. The van der Waals surface area contributed by atoms with Crippen LogP contribution in [0.3, 0.4) is 0 Å². The maximum Gasteiger partial charge on any atom is 0.127 e. The molecule has 3 heteroatoms. The molecule has 1 aliphatic rings. The lowest BCUT2D eigenvalue weighted by Gasteiger charge is -2.29. The fourth-order valence-electron chi connectivity index (χ4n) is 3.34. The summed E-state index contributed by atoms with van der Waals surface area (Å²) in [7, 11) is 0. The smallest absolute Gasteiger partial charge is 0.127 e. The van der Waals surface area contributed by atoms with E-state index in [0.29, 0.717) is 23.4 Å². The molecule has 0 saturated heterocycles. The molecule has 0 aliphatic heterocycles. The van der Waals surface area contributed by atoms with E-state index in [4.69, 9.17) is 11.6 Å². The van der Waals surface area contributed by atoms with E-state index in [9.17, 15) is 9.50 Å². The quantitative estimate of drug-likeness (QED) is 0.854. The van der Waals surface area contributed by atoms with E-state index in [1.807, 2.05) is 6.92 Å². The Hall–Kier alpha value is -0.600. The molecule has 1 saturated carbocycles. The van der Waals surface area contributed by atoms with Gasteiger partial charge in [0.2, 0.25) is 0 Å². The van der Waals surface area contributed by atoms with Gasteiger partial charge in [0.15, 0.2) is 0 Å². The first-order chi connectivity index (χ1) is 8.23. The van der Waals surface area contributed by atoms with Gasteiger partial charge >= 0.3 is 0 Å². The van der Waals surface area contributed by atoms with Gasteiger partial charge in [-0.1, -0.05) is 38.4 Å². The van der Waals surface area contributed by atoms with Crippen LogP contribution in [-0.2, 0) is 6.42 Å². The molecule has 2 rings (SSSR count). The Morgan fingerprint density at radius 2 is 2.11 bits per heavy atom. The minimum absolute atomic E-state index is 0.103. The molecular formula is C15H20ClFO. The third-order valence-electron chi connectivity index (χ3n) is 4.11. The summed E-state index contributed by atoms with van der Waals surface area (Å²) in [5, 5.41) is 11.2. The molecule has 0 spiro atoms. The average molecular weight is 271 g/mol. The minimum Gasteiger partial charge on any atom is -0.389 e. The zero-order valence-electron chi connectivity index (χ0n) is 11.1. The van der Waals surface area contributed by atoms with Crippen LogP contribution in [0.15, 0.2) is 18.2 Å². The van der Waals surface area contributed by atoms with Gasteiger partial charge in [0.05, 0.1) is 5.60 Å². The van der Waals surface area contributed by atoms with Gasteiger partial charge in [0, 0.05) is 17.0 Å². The lowest BCUT2D eigenvalue weighted by atomic mass is 9.84. The monoisotopic (exact) mass is 270 g/mol. The van der Waals surface area contributed by atoms with Gasteiger partial charge in [-0.05, 0) is 36.3 Å². The Labute approximate surface area is 113 Å². The summed E-state index contributed by atoms with van der Waals surface area (Å²) in [6.45, 7) is 6.32. The maximum atomic E-state index is 13.8. The first kappa shape index (κ1) is 13.8. The Morgan fingerprint density at radius 1 is 1.44 bits per heavy atom. The van der Waals surface area contributed by atoms with Crippen LogP contribution in [0.25, 0.3) is 0 Å². The van der Waals surface area contributed by atoms with Gasteiger partial charge in [-0.2, -0.15) is 0 Å². The molecule has 1 N–H and O–H groups in total. The van der Waals surface area contributed by atoms with E-state index >= 15 is 0 Å². The van der Waals surface area contributed by atoms with E-state index in [0.717, 1.165) is 6.42 Å². The highest BCUT2D eigenvalue weighted by atomic mass is 35.5. The van der Waals surface area contributed by atoms with Gasteiger partial charge in [0.25, 0.3) is 0 Å². The van der Waals surface area contributed by atoms with E-state index in [1.165, 1.54) is 6.07 Å². The van der Waals surface area contributed by atoms with Crippen LogP contribution in [0.4, 0.5) is 4.39 Å². The van der Waals surface area contributed by atoms with Gasteiger partial charge in [-0.15, -0.1) is 0 Å². The van der Waals surface area contributed by atoms with Gasteiger partial charge in [-0.3, -0.25) is 0 Å². The van der Waals surface area contributed by atoms with Crippen LogP contribution in [-0.4, -0.2) is 10.7 Å². The number of hydrogen-bond donors (Lipinski definition) is 1. The summed E-state index contributed by atoms with van der Waals surface area (Å²) in [4.78, 5) is 0. The van der Waals surface area contributed by atoms with Crippen molar-refractivity contribution >= 4 is 11.6 Å². The average Bonchev–Trinajstić information content (AvgIpc) is 2.42. The second-order valence-corrected chi connectivity index (χ2v) is 6.83. The van der Waals surface area contributed by atoms with Crippen LogP contribution in [0.1, 0.15) is 39.2 Å². The second-order valence-electron chi connectivity index (χ2n) is 6.43. The van der Waals surface area contributed by atoms with Crippen molar-refractivity contribution < 1.29 is 9.50 Å². The Balaban J connectivity index is 2.29. The predicted octanol–water partition coefficient (Wildman–Crippen LogP) is 4.21. The highest BCUT2D eigenvalue weighted by Crippen LogP contribution is 2.49. The molecule has 1 aromatic carbocycles. The fraction of sp³-hybridized carbons (Fsp3) is 0.600. The normalized spacial score (nSPS) is 30.7. The van der Waals surface area contributed by atoms with E-state index < -0.39 is 5.60 Å². The molecule has 100 valence electrons. The third kappa shape index (κ3) is 2.55. The molecule has 0 heterocycles. The lowest BCUT2D eigenvalue weighted by molar-refractivity contribution is 0.00375.